The highest BCUT2D eigenvalue weighted by atomic mass is 35.5. The topological polar surface area (TPSA) is 88.9 Å². The first-order chi connectivity index (χ1) is 16.7. The maximum absolute atomic E-state index is 12.9. The lowest BCUT2D eigenvalue weighted by molar-refractivity contribution is -0.118. The number of hydrogen-bond donors (Lipinski definition) is 2. The van der Waals surface area contributed by atoms with Gasteiger partial charge in [0.15, 0.2) is 11.0 Å². The summed E-state index contributed by atoms with van der Waals surface area (Å²) in [5.41, 5.74) is 1.52. The lowest BCUT2D eigenvalue weighted by atomic mass is 10.0. The molecule has 3 rings (SSSR count). The van der Waals surface area contributed by atoms with Gasteiger partial charge in [0.2, 0.25) is 5.91 Å². The summed E-state index contributed by atoms with van der Waals surface area (Å²) in [4.78, 5) is 25.2. The van der Waals surface area contributed by atoms with Gasteiger partial charge in [-0.2, -0.15) is 0 Å². The van der Waals surface area contributed by atoms with Crippen molar-refractivity contribution >= 4 is 46.8 Å². The highest BCUT2D eigenvalue weighted by Gasteiger charge is 2.24. The maximum Gasteiger partial charge on any atom is 0.253 e. The Labute approximate surface area is 220 Å². The van der Waals surface area contributed by atoms with Crippen LogP contribution < -0.4 is 10.6 Å². The molecule has 0 radical (unpaired) electrons. The second kappa shape index (κ2) is 13.0. The van der Waals surface area contributed by atoms with E-state index in [0.29, 0.717) is 40.5 Å². The molecule has 0 fully saturated rings. The molecule has 186 valence electrons. The first-order valence-electron chi connectivity index (χ1n) is 11.3. The highest BCUT2D eigenvalue weighted by molar-refractivity contribution is 7.99. The Hall–Kier alpha value is -2.55. The van der Waals surface area contributed by atoms with Crippen LogP contribution in [0.15, 0.2) is 53.7 Å². The molecule has 0 saturated heterocycles. The predicted octanol–water partition coefficient (Wildman–Crippen LogP) is 5.09. The first kappa shape index (κ1) is 27.0. The van der Waals surface area contributed by atoms with E-state index in [2.05, 4.69) is 34.7 Å². The SMILES string of the molecule is CC(C)C[C@H](NC(=O)c1ccc(Cl)cc1Cl)c1nnc(SCC(=O)NCCc2ccccc2)n1C. The second-order valence-corrected chi connectivity index (χ2v) is 10.3. The van der Waals surface area contributed by atoms with Crippen molar-refractivity contribution in [2.75, 3.05) is 12.3 Å². The van der Waals surface area contributed by atoms with E-state index in [0.717, 1.165) is 6.42 Å². The monoisotopic (exact) mass is 533 g/mol. The molecule has 3 aromatic rings. The molecule has 1 heterocycles. The van der Waals surface area contributed by atoms with Crippen molar-refractivity contribution in [3.63, 3.8) is 0 Å². The van der Waals surface area contributed by atoms with Gasteiger partial charge in [0.25, 0.3) is 5.91 Å². The van der Waals surface area contributed by atoms with Gasteiger partial charge in [0, 0.05) is 18.6 Å². The van der Waals surface area contributed by atoms with Crippen molar-refractivity contribution in [1.82, 2.24) is 25.4 Å². The van der Waals surface area contributed by atoms with Crippen LogP contribution in [0, 0.1) is 5.92 Å². The van der Waals surface area contributed by atoms with E-state index < -0.39 is 0 Å². The van der Waals surface area contributed by atoms with E-state index in [1.165, 1.54) is 23.4 Å². The number of benzene rings is 2. The summed E-state index contributed by atoms with van der Waals surface area (Å²) in [7, 11) is 1.83. The summed E-state index contributed by atoms with van der Waals surface area (Å²) in [5, 5.41) is 15.9. The third-order valence-corrected chi connectivity index (χ3v) is 6.85. The summed E-state index contributed by atoms with van der Waals surface area (Å²) in [5.74, 6) is 0.753. The molecule has 7 nitrogen and oxygen atoms in total. The number of halogens is 2. The minimum Gasteiger partial charge on any atom is -0.355 e. The Kier molecular flexibility index (Phi) is 10.0. The van der Waals surface area contributed by atoms with Gasteiger partial charge in [-0.25, -0.2) is 0 Å². The van der Waals surface area contributed by atoms with Crippen molar-refractivity contribution in [1.29, 1.82) is 0 Å². The zero-order valence-corrected chi connectivity index (χ0v) is 22.3. The molecule has 10 heteroatoms. The van der Waals surface area contributed by atoms with Crippen LogP contribution >= 0.6 is 35.0 Å². The number of nitrogens with one attached hydrogen (secondary N) is 2. The van der Waals surface area contributed by atoms with Crippen molar-refractivity contribution < 1.29 is 9.59 Å². The van der Waals surface area contributed by atoms with Gasteiger partial charge >= 0.3 is 0 Å². The minimum atomic E-state index is -0.374. The molecule has 0 unspecified atom stereocenters. The van der Waals surface area contributed by atoms with Crippen molar-refractivity contribution in [2.45, 2.75) is 37.9 Å². The third kappa shape index (κ3) is 7.98. The van der Waals surface area contributed by atoms with E-state index in [4.69, 9.17) is 23.2 Å². The lowest BCUT2D eigenvalue weighted by Crippen LogP contribution is -2.31. The number of amides is 2. The van der Waals surface area contributed by atoms with Crippen LogP contribution in [0.2, 0.25) is 10.0 Å². The van der Waals surface area contributed by atoms with E-state index in [1.54, 1.807) is 12.1 Å². The number of nitrogens with zero attached hydrogens (tertiary/aromatic N) is 3. The lowest BCUT2D eigenvalue weighted by Gasteiger charge is -2.20. The van der Waals surface area contributed by atoms with Crippen LogP contribution in [0.4, 0.5) is 0 Å². The van der Waals surface area contributed by atoms with E-state index >= 15 is 0 Å². The van der Waals surface area contributed by atoms with Crippen molar-refractivity contribution in [3.8, 4) is 0 Å². The number of rotatable bonds is 11. The molecule has 0 aliphatic rings. The van der Waals surface area contributed by atoms with Gasteiger partial charge in [0.1, 0.15) is 0 Å². The minimum absolute atomic E-state index is 0.0695. The Morgan fingerprint density at radius 3 is 2.51 bits per heavy atom. The quantitative estimate of drug-likeness (QED) is 0.335. The zero-order chi connectivity index (χ0) is 25.4. The summed E-state index contributed by atoms with van der Waals surface area (Å²) >= 11 is 13.5. The number of hydrogen-bond acceptors (Lipinski definition) is 5. The fraction of sp³-hybridized carbons (Fsp3) is 0.360. The number of thioether (sulfide) groups is 1. The van der Waals surface area contributed by atoms with Gasteiger partial charge < -0.3 is 15.2 Å². The van der Waals surface area contributed by atoms with E-state index in [-0.39, 0.29) is 28.6 Å². The molecule has 1 atom stereocenters. The number of carbonyl (C=O) groups is 2. The normalized spacial score (nSPS) is 11.9. The summed E-state index contributed by atoms with van der Waals surface area (Å²) in [6.45, 7) is 4.71. The molecular formula is C25H29Cl2N5O2S. The summed E-state index contributed by atoms with van der Waals surface area (Å²) in [6, 6.07) is 14.4. The molecule has 2 aromatic carbocycles. The highest BCUT2D eigenvalue weighted by Crippen LogP contribution is 2.26. The second-order valence-electron chi connectivity index (χ2n) is 8.55. The van der Waals surface area contributed by atoms with Crippen LogP contribution in [0.1, 0.15) is 48.1 Å². The standard InChI is InChI=1S/C25H29Cl2N5O2S/c1-16(2)13-21(29-24(34)19-10-9-18(26)14-20(19)27)23-30-31-25(32(23)3)35-15-22(33)28-12-11-17-7-5-4-6-8-17/h4-10,14,16,21H,11-13,15H2,1-3H3,(H,28,33)(H,29,34)/t21-/m0/s1. The average molecular weight is 535 g/mol. The van der Waals surface area contributed by atoms with Gasteiger partial charge in [-0.1, -0.05) is 79.1 Å². The van der Waals surface area contributed by atoms with Crippen molar-refractivity contribution in [3.05, 3.63) is 75.5 Å². The Morgan fingerprint density at radius 2 is 1.83 bits per heavy atom. The molecule has 0 bridgehead atoms. The van der Waals surface area contributed by atoms with Gasteiger partial charge in [-0.05, 0) is 42.5 Å². The van der Waals surface area contributed by atoms with Gasteiger partial charge in [-0.3, -0.25) is 9.59 Å². The van der Waals surface area contributed by atoms with Crippen LogP contribution in [0.5, 0.6) is 0 Å². The maximum atomic E-state index is 12.9. The Bertz CT molecular complexity index is 1150. The van der Waals surface area contributed by atoms with Crippen LogP contribution in [0.3, 0.4) is 0 Å². The third-order valence-electron chi connectivity index (χ3n) is 5.28. The molecule has 1 aromatic heterocycles. The Balaban J connectivity index is 1.61. The molecular weight excluding hydrogens is 505 g/mol. The average Bonchev–Trinajstić information content (AvgIpc) is 3.17. The van der Waals surface area contributed by atoms with Crippen molar-refractivity contribution in [2.24, 2.45) is 13.0 Å². The molecule has 2 N–H and O–H groups in total. The first-order valence-corrected chi connectivity index (χ1v) is 13.1. The smallest absolute Gasteiger partial charge is 0.253 e. The molecule has 35 heavy (non-hydrogen) atoms. The molecule has 2 amide bonds. The zero-order valence-electron chi connectivity index (χ0n) is 19.9. The van der Waals surface area contributed by atoms with Crippen LogP contribution in [0.25, 0.3) is 0 Å². The molecule has 0 saturated carbocycles. The van der Waals surface area contributed by atoms with Gasteiger partial charge in [0.05, 0.1) is 22.4 Å². The van der Waals surface area contributed by atoms with Gasteiger partial charge in [-0.15, -0.1) is 10.2 Å². The number of carbonyl (C=O) groups excluding carboxylic acids is 2. The number of aromatic nitrogens is 3. The van der Waals surface area contributed by atoms with E-state index in [1.807, 2.05) is 41.9 Å². The summed E-state index contributed by atoms with van der Waals surface area (Å²) in [6.07, 6.45) is 1.44. The predicted molar refractivity (Wildman–Crippen MR) is 141 cm³/mol. The largest absolute Gasteiger partial charge is 0.355 e. The Morgan fingerprint density at radius 1 is 1.09 bits per heavy atom. The molecule has 0 aliphatic heterocycles. The fourth-order valence-corrected chi connectivity index (χ4v) is 4.78. The van der Waals surface area contributed by atoms with Crippen LogP contribution in [-0.4, -0.2) is 38.9 Å². The fourth-order valence-electron chi connectivity index (χ4n) is 3.54. The van der Waals surface area contributed by atoms with E-state index in [9.17, 15) is 9.59 Å². The summed E-state index contributed by atoms with van der Waals surface area (Å²) < 4.78 is 1.82. The van der Waals surface area contributed by atoms with Crippen LogP contribution in [-0.2, 0) is 18.3 Å². The molecule has 0 spiro atoms. The molecule has 0 aliphatic carbocycles.